The summed E-state index contributed by atoms with van der Waals surface area (Å²) < 4.78 is 5.42. The first kappa shape index (κ1) is 22.3. The lowest BCUT2D eigenvalue weighted by Crippen LogP contribution is -2.33. The second-order valence-electron chi connectivity index (χ2n) is 9.02. The quantitative estimate of drug-likeness (QED) is 0.420. The molecule has 0 spiro atoms. The van der Waals surface area contributed by atoms with Crippen molar-refractivity contribution in [1.29, 1.82) is 0 Å². The first-order valence-electron chi connectivity index (χ1n) is 11.6. The monoisotopic (exact) mass is 427 g/mol. The van der Waals surface area contributed by atoms with Gasteiger partial charge in [-0.2, -0.15) is 0 Å². The number of hydrogen-bond donors (Lipinski definition) is 0. The minimum Gasteiger partial charge on any atom is -0.496 e. The highest BCUT2D eigenvalue weighted by molar-refractivity contribution is 5.97. The molecule has 1 fully saturated rings. The van der Waals surface area contributed by atoms with E-state index in [9.17, 15) is 4.79 Å². The number of likely N-dealkylation sites (tertiary alicyclic amines) is 1. The predicted molar refractivity (Wildman–Crippen MR) is 130 cm³/mol. The summed E-state index contributed by atoms with van der Waals surface area (Å²) in [6.07, 6.45) is 4.06. The lowest BCUT2D eigenvalue weighted by molar-refractivity contribution is 0.0992. The third-order valence-corrected chi connectivity index (χ3v) is 6.54. The number of carbonyl (C=O) groups excluding carboxylic acids is 1. The van der Waals surface area contributed by atoms with Crippen LogP contribution in [0, 0.1) is 12.8 Å². The van der Waals surface area contributed by atoms with Crippen molar-refractivity contribution in [3.05, 3.63) is 101 Å². The highest BCUT2D eigenvalue weighted by Gasteiger charge is 2.19. The van der Waals surface area contributed by atoms with Gasteiger partial charge >= 0.3 is 0 Å². The second kappa shape index (κ2) is 10.6. The second-order valence-corrected chi connectivity index (χ2v) is 9.02. The number of aryl methyl sites for hydroxylation is 1. The van der Waals surface area contributed by atoms with Gasteiger partial charge in [-0.1, -0.05) is 72.3 Å². The number of benzene rings is 3. The number of ketones is 1. The SMILES string of the molecule is COc1ccc(C)cc1CC(=O)c1ccc(CN2CCC(Cc3ccccc3)CC2)cc1. The summed E-state index contributed by atoms with van der Waals surface area (Å²) in [4.78, 5) is 15.4. The molecule has 3 heteroatoms. The molecule has 32 heavy (non-hydrogen) atoms. The van der Waals surface area contributed by atoms with Gasteiger partial charge < -0.3 is 4.74 Å². The molecule has 3 aromatic carbocycles. The van der Waals surface area contributed by atoms with E-state index < -0.39 is 0 Å². The van der Waals surface area contributed by atoms with Crippen molar-refractivity contribution in [3.8, 4) is 5.75 Å². The van der Waals surface area contributed by atoms with Crippen LogP contribution in [0.4, 0.5) is 0 Å². The molecular weight excluding hydrogens is 394 g/mol. The summed E-state index contributed by atoms with van der Waals surface area (Å²) in [6, 6.07) is 25.0. The number of rotatable bonds is 8. The maximum atomic E-state index is 12.8. The van der Waals surface area contributed by atoms with Crippen LogP contribution in [0.25, 0.3) is 0 Å². The zero-order valence-corrected chi connectivity index (χ0v) is 19.2. The Labute approximate surface area is 192 Å². The molecule has 0 aliphatic carbocycles. The van der Waals surface area contributed by atoms with Crippen molar-refractivity contribution >= 4 is 5.78 Å². The Balaban J connectivity index is 1.29. The highest BCUT2D eigenvalue weighted by Crippen LogP contribution is 2.24. The van der Waals surface area contributed by atoms with Crippen LogP contribution in [0.1, 0.15) is 45.5 Å². The number of piperidine rings is 1. The van der Waals surface area contributed by atoms with Crippen molar-refractivity contribution in [1.82, 2.24) is 4.90 Å². The van der Waals surface area contributed by atoms with Crippen LogP contribution in [0.5, 0.6) is 5.75 Å². The molecule has 0 N–H and O–H groups in total. The third kappa shape index (κ3) is 5.86. The Morgan fingerprint density at radius 2 is 1.66 bits per heavy atom. The van der Waals surface area contributed by atoms with Crippen LogP contribution in [-0.4, -0.2) is 30.9 Å². The molecule has 1 saturated heterocycles. The van der Waals surface area contributed by atoms with Crippen LogP contribution in [0.15, 0.2) is 72.8 Å². The molecule has 1 aliphatic heterocycles. The minimum atomic E-state index is 0.127. The smallest absolute Gasteiger partial charge is 0.167 e. The zero-order valence-electron chi connectivity index (χ0n) is 19.2. The summed E-state index contributed by atoms with van der Waals surface area (Å²) in [6.45, 7) is 5.28. The van der Waals surface area contributed by atoms with Crippen molar-refractivity contribution in [3.63, 3.8) is 0 Å². The van der Waals surface area contributed by atoms with Gasteiger partial charge in [-0.25, -0.2) is 0 Å². The van der Waals surface area contributed by atoms with Gasteiger partial charge in [0.05, 0.1) is 7.11 Å². The average molecular weight is 428 g/mol. The van der Waals surface area contributed by atoms with Crippen molar-refractivity contribution in [2.45, 2.75) is 39.2 Å². The molecule has 1 aliphatic rings. The van der Waals surface area contributed by atoms with Gasteiger partial charge in [0, 0.05) is 24.1 Å². The molecule has 0 saturated carbocycles. The largest absolute Gasteiger partial charge is 0.496 e. The van der Waals surface area contributed by atoms with Gasteiger partial charge in [0.25, 0.3) is 0 Å². The number of hydrogen-bond acceptors (Lipinski definition) is 3. The van der Waals surface area contributed by atoms with E-state index in [0.29, 0.717) is 6.42 Å². The maximum Gasteiger partial charge on any atom is 0.167 e. The molecule has 0 unspecified atom stereocenters. The van der Waals surface area contributed by atoms with Gasteiger partial charge in [-0.05, 0) is 62.4 Å². The predicted octanol–water partition coefficient (Wildman–Crippen LogP) is 5.88. The fourth-order valence-corrected chi connectivity index (χ4v) is 4.67. The molecule has 166 valence electrons. The van der Waals surface area contributed by atoms with Crippen LogP contribution in [-0.2, 0) is 19.4 Å². The van der Waals surface area contributed by atoms with Gasteiger partial charge in [-0.3, -0.25) is 9.69 Å². The van der Waals surface area contributed by atoms with E-state index >= 15 is 0 Å². The van der Waals surface area contributed by atoms with E-state index in [1.165, 1.54) is 30.4 Å². The standard InChI is InChI=1S/C29H33NO2/c1-22-8-13-29(32-2)27(18-22)20-28(31)26-11-9-25(10-12-26)21-30-16-14-24(15-17-30)19-23-6-4-3-5-7-23/h3-13,18,24H,14-17,19-21H2,1-2H3. The topological polar surface area (TPSA) is 29.5 Å². The van der Waals surface area contributed by atoms with Gasteiger partial charge in [0.15, 0.2) is 5.78 Å². The van der Waals surface area contributed by atoms with Gasteiger partial charge in [0.2, 0.25) is 0 Å². The lowest BCUT2D eigenvalue weighted by Gasteiger charge is -2.32. The summed E-state index contributed by atoms with van der Waals surface area (Å²) in [7, 11) is 1.65. The van der Waals surface area contributed by atoms with Crippen molar-refractivity contribution in [2.24, 2.45) is 5.92 Å². The summed E-state index contributed by atoms with van der Waals surface area (Å²) >= 11 is 0. The van der Waals surface area contributed by atoms with Gasteiger partial charge in [-0.15, -0.1) is 0 Å². The van der Waals surface area contributed by atoms with Crippen LogP contribution < -0.4 is 4.74 Å². The summed E-state index contributed by atoms with van der Waals surface area (Å²) in [5.41, 5.74) is 5.57. The fourth-order valence-electron chi connectivity index (χ4n) is 4.67. The Morgan fingerprint density at radius 3 is 2.34 bits per heavy atom. The molecular formula is C29H33NO2. The molecule has 0 aromatic heterocycles. The molecule has 1 heterocycles. The molecule has 3 aromatic rings. The Morgan fingerprint density at radius 1 is 0.938 bits per heavy atom. The van der Waals surface area contributed by atoms with Crippen molar-refractivity contribution < 1.29 is 9.53 Å². The maximum absolute atomic E-state index is 12.8. The number of nitrogens with zero attached hydrogens (tertiary/aromatic N) is 1. The fraction of sp³-hybridized carbons (Fsp3) is 0.345. The molecule has 0 amide bonds. The van der Waals surface area contributed by atoms with Crippen molar-refractivity contribution in [2.75, 3.05) is 20.2 Å². The number of methoxy groups -OCH3 is 1. The zero-order chi connectivity index (χ0) is 22.3. The van der Waals surface area contributed by atoms with E-state index in [0.717, 1.165) is 48.0 Å². The highest BCUT2D eigenvalue weighted by atomic mass is 16.5. The summed E-state index contributed by atoms with van der Waals surface area (Å²) in [5, 5.41) is 0. The minimum absolute atomic E-state index is 0.127. The number of carbonyl (C=O) groups is 1. The Hall–Kier alpha value is -2.91. The molecule has 0 radical (unpaired) electrons. The van der Waals surface area contributed by atoms with E-state index in [2.05, 4.69) is 47.4 Å². The third-order valence-electron chi connectivity index (χ3n) is 6.54. The lowest BCUT2D eigenvalue weighted by atomic mass is 9.90. The van der Waals surface area contributed by atoms with E-state index in [4.69, 9.17) is 4.74 Å². The number of Topliss-reactive ketones (excluding diaryl/α,β-unsaturated/α-hetero) is 1. The van der Waals surface area contributed by atoms with E-state index in [1.807, 2.05) is 37.3 Å². The molecule has 0 atom stereocenters. The van der Waals surface area contributed by atoms with Crippen LogP contribution >= 0.6 is 0 Å². The van der Waals surface area contributed by atoms with E-state index in [-0.39, 0.29) is 5.78 Å². The molecule has 0 bridgehead atoms. The first-order valence-corrected chi connectivity index (χ1v) is 11.6. The van der Waals surface area contributed by atoms with Crippen LogP contribution in [0.2, 0.25) is 0 Å². The normalized spacial score (nSPS) is 14.9. The Bertz CT molecular complexity index is 1020. The average Bonchev–Trinajstić information content (AvgIpc) is 2.82. The van der Waals surface area contributed by atoms with Crippen LogP contribution in [0.3, 0.4) is 0 Å². The summed E-state index contributed by atoms with van der Waals surface area (Å²) in [5.74, 6) is 1.69. The number of ether oxygens (including phenoxy) is 1. The Kier molecular flexibility index (Phi) is 7.39. The van der Waals surface area contributed by atoms with E-state index in [1.54, 1.807) is 7.11 Å². The molecule has 4 rings (SSSR count). The van der Waals surface area contributed by atoms with Gasteiger partial charge in [0.1, 0.15) is 5.75 Å². The molecule has 3 nitrogen and oxygen atoms in total. The first-order chi connectivity index (χ1) is 15.6.